The molecule has 0 saturated carbocycles. The Kier molecular flexibility index (Phi) is 7.05. The number of aldehydes is 1. The smallest absolute Gasteiger partial charge is 0.192 e. The molecule has 0 unspecified atom stereocenters. The lowest BCUT2D eigenvalue weighted by Gasteiger charge is -2.34. The van der Waals surface area contributed by atoms with E-state index >= 15 is 0 Å². The second kappa shape index (κ2) is 8.84. The van der Waals surface area contributed by atoms with Gasteiger partial charge in [-0.25, -0.2) is 0 Å². The lowest BCUT2D eigenvalue weighted by Crippen LogP contribution is -2.26. The van der Waals surface area contributed by atoms with Gasteiger partial charge in [0.2, 0.25) is 0 Å². The quantitative estimate of drug-likeness (QED) is 0.350. The highest BCUT2D eigenvalue weighted by molar-refractivity contribution is 14.1. The molecule has 134 valence electrons. The lowest BCUT2D eigenvalue weighted by atomic mass is 9.69. The summed E-state index contributed by atoms with van der Waals surface area (Å²) in [6.07, 6.45) is 4.49. The lowest BCUT2D eigenvalue weighted by molar-refractivity contribution is -0.107. The van der Waals surface area contributed by atoms with Gasteiger partial charge in [0.15, 0.2) is 23.0 Å². The Bertz CT molecular complexity index is 733. The van der Waals surface area contributed by atoms with Gasteiger partial charge in [-0.2, -0.15) is 0 Å². The van der Waals surface area contributed by atoms with E-state index in [1.54, 1.807) is 0 Å². The van der Waals surface area contributed by atoms with Gasteiger partial charge in [0.1, 0.15) is 12.0 Å². The molecule has 0 spiro atoms. The van der Waals surface area contributed by atoms with E-state index < -0.39 is 0 Å². The van der Waals surface area contributed by atoms with Crippen molar-refractivity contribution in [2.24, 2.45) is 0 Å². The first-order valence-electron chi connectivity index (χ1n) is 8.95. The van der Waals surface area contributed by atoms with Crippen LogP contribution in [0.4, 0.5) is 0 Å². The van der Waals surface area contributed by atoms with Crippen LogP contribution in [0.2, 0.25) is 0 Å². The van der Waals surface area contributed by atoms with Crippen LogP contribution in [0.25, 0.3) is 0 Å². The molecule has 0 amide bonds. The molecule has 0 N–H and O–H groups in total. The van der Waals surface area contributed by atoms with Crippen molar-refractivity contribution in [1.29, 1.82) is 0 Å². The van der Waals surface area contributed by atoms with Crippen LogP contribution in [0.15, 0.2) is 36.4 Å². The Morgan fingerprint density at radius 1 is 1.00 bits per heavy atom. The summed E-state index contributed by atoms with van der Waals surface area (Å²) in [5.74, 6) is 0.922. The fraction of sp³-hybridized carbons (Fsp3) is 0.409. The summed E-state index contributed by atoms with van der Waals surface area (Å²) in [6, 6.07) is 13.3. The second-order valence-electron chi connectivity index (χ2n) is 6.69. The molecule has 0 atom stereocenters. The summed E-state index contributed by atoms with van der Waals surface area (Å²) in [6.45, 7) is 8.77. The third-order valence-corrected chi connectivity index (χ3v) is 5.92. The summed E-state index contributed by atoms with van der Waals surface area (Å²) in [5, 5.41) is 0. The van der Waals surface area contributed by atoms with Gasteiger partial charge in [-0.1, -0.05) is 44.2 Å². The van der Waals surface area contributed by atoms with Gasteiger partial charge < -0.3 is 7.86 Å². The molecular weight excluding hydrogens is 423 g/mol. The van der Waals surface area contributed by atoms with E-state index in [0.29, 0.717) is 6.42 Å². The van der Waals surface area contributed by atoms with Crippen LogP contribution in [0.3, 0.4) is 0 Å². The van der Waals surface area contributed by atoms with Gasteiger partial charge in [-0.15, -0.1) is 0 Å². The minimum Gasteiger partial charge on any atom is -0.427 e. The first-order valence-corrected chi connectivity index (χ1v) is 9.83. The van der Waals surface area contributed by atoms with E-state index in [2.05, 4.69) is 64.1 Å². The third kappa shape index (κ3) is 4.08. The molecule has 0 aliphatic heterocycles. The van der Waals surface area contributed by atoms with E-state index in [1.807, 2.05) is 23.0 Å². The van der Waals surface area contributed by atoms with Crippen molar-refractivity contribution in [2.75, 3.05) is 0 Å². The fourth-order valence-electron chi connectivity index (χ4n) is 3.76. The molecule has 0 heterocycles. The van der Waals surface area contributed by atoms with Crippen LogP contribution in [-0.2, 0) is 16.6 Å². The largest absolute Gasteiger partial charge is 0.427 e. The number of carbonyl (C=O) groups is 1. The normalized spacial score (nSPS) is 11.4. The molecule has 2 aromatic carbocycles. The maximum Gasteiger partial charge on any atom is 0.192 e. The first-order chi connectivity index (χ1) is 12.0. The summed E-state index contributed by atoms with van der Waals surface area (Å²) in [7, 11) is 0. The Labute approximate surface area is 165 Å². The first kappa shape index (κ1) is 20.0. The van der Waals surface area contributed by atoms with Gasteiger partial charge in [0, 0.05) is 11.8 Å². The zero-order valence-corrected chi connectivity index (χ0v) is 17.7. The van der Waals surface area contributed by atoms with Crippen molar-refractivity contribution >= 4 is 29.3 Å². The average molecular weight is 450 g/mol. The molecule has 0 fully saturated rings. The maximum absolute atomic E-state index is 10.7. The summed E-state index contributed by atoms with van der Waals surface area (Å²) in [4.78, 5) is 10.7. The molecule has 0 aromatic heterocycles. The van der Waals surface area contributed by atoms with Crippen LogP contribution in [0, 0.1) is 13.8 Å². The topological polar surface area (TPSA) is 26.3 Å². The van der Waals surface area contributed by atoms with Gasteiger partial charge in [-0.3, -0.25) is 0 Å². The van der Waals surface area contributed by atoms with E-state index in [-0.39, 0.29) is 5.41 Å². The number of rotatable bonds is 8. The van der Waals surface area contributed by atoms with Gasteiger partial charge in [0.25, 0.3) is 0 Å². The minimum atomic E-state index is 0.00249. The molecule has 0 aliphatic rings. The van der Waals surface area contributed by atoms with Crippen molar-refractivity contribution in [3.05, 3.63) is 64.2 Å². The average Bonchev–Trinajstić information content (AvgIpc) is 2.62. The molecule has 2 aromatic rings. The predicted molar refractivity (Wildman–Crippen MR) is 113 cm³/mol. The Balaban J connectivity index is 2.51. The molecule has 25 heavy (non-hydrogen) atoms. The van der Waals surface area contributed by atoms with Gasteiger partial charge >= 0.3 is 0 Å². The van der Waals surface area contributed by atoms with Crippen LogP contribution >= 0.6 is 23.0 Å². The zero-order valence-electron chi connectivity index (χ0n) is 15.6. The summed E-state index contributed by atoms with van der Waals surface area (Å²) < 4.78 is 5.40. The number of hydrogen-bond acceptors (Lipinski definition) is 2. The highest BCUT2D eigenvalue weighted by Gasteiger charge is 2.31. The molecule has 3 heteroatoms. The summed E-state index contributed by atoms with van der Waals surface area (Å²) in [5.41, 5.74) is 6.40. The molecular formula is C22H27IO2. The second-order valence-corrected chi connectivity index (χ2v) is 7.13. The summed E-state index contributed by atoms with van der Waals surface area (Å²) >= 11 is 1.94. The standard InChI is InChI=1S/C22H27IO2/c1-5-22(6-2,20-11-12-21(25-23)17(4)15-20)19-10-9-18(8-7-13-24)16(3)14-19/h9-15H,5-8H2,1-4H3. The molecule has 0 saturated heterocycles. The van der Waals surface area contributed by atoms with E-state index in [4.69, 9.17) is 3.07 Å². The van der Waals surface area contributed by atoms with Crippen molar-refractivity contribution in [2.45, 2.75) is 58.8 Å². The Morgan fingerprint density at radius 2 is 1.60 bits per heavy atom. The maximum atomic E-state index is 10.7. The van der Waals surface area contributed by atoms with Crippen molar-refractivity contribution in [3.8, 4) is 5.75 Å². The van der Waals surface area contributed by atoms with Crippen molar-refractivity contribution < 1.29 is 7.86 Å². The zero-order chi connectivity index (χ0) is 18.4. The van der Waals surface area contributed by atoms with Crippen LogP contribution in [0.1, 0.15) is 60.9 Å². The molecule has 0 bridgehead atoms. The van der Waals surface area contributed by atoms with Gasteiger partial charge in [0.05, 0.1) is 0 Å². The number of hydrogen-bond donors (Lipinski definition) is 0. The molecule has 2 rings (SSSR count). The number of benzene rings is 2. The van der Waals surface area contributed by atoms with Gasteiger partial charge in [-0.05, 0) is 67.0 Å². The monoisotopic (exact) mass is 450 g/mol. The van der Waals surface area contributed by atoms with Crippen molar-refractivity contribution in [3.63, 3.8) is 0 Å². The third-order valence-electron chi connectivity index (χ3n) is 5.44. The number of halogens is 1. The predicted octanol–water partition coefficient (Wildman–Crippen LogP) is 6.27. The number of aryl methyl sites for hydroxylation is 3. The minimum absolute atomic E-state index is 0.00249. The van der Waals surface area contributed by atoms with E-state index in [0.717, 1.165) is 36.9 Å². The molecule has 0 aliphatic carbocycles. The van der Waals surface area contributed by atoms with E-state index in [9.17, 15) is 4.79 Å². The van der Waals surface area contributed by atoms with Crippen molar-refractivity contribution in [1.82, 2.24) is 0 Å². The Hall–Kier alpha value is -1.36. The Morgan fingerprint density at radius 3 is 2.08 bits per heavy atom. The SMILES string of the molecule is CCC(CC)(c1ccc(CCC=O)c(C)c1)c1ccc(OI)c(C)c1. The van der Waals surface area contributed by atoms with Crippen LogP contribution in [-0.4, -0.2) is 6.29 Å². The molecule has 2 nitrogen and oxygen atoms in total. The fourth-order valence-corrected chi connectivity index (χ4v) is 4.25. The van der Waals surface area contributed by atoms with E-state index in [1.165, 1.54) is 22.3 Å². The number of carbonyl (C=O) groups excluding carboxylic acids is 1. The van der Waals surface area contributed by atoms with Crippen LogP contribution < -0.4 is 3.07 Å². The van der Waals surface area contributed by atoms with Crippen LogP contribution in [0.5, 0.6) is 5.75 Å². The highest BCUT2D eigenvalue weighted by Crippen LogP contribution is 2.41. The highest BCUT2D eigenvalue weighted by atomic mass is 127. The molecule has 0 radical (unpaired) electrons.